The Labute approximate surface area is 175 Å². The monoisotopic (exact) mass is 428 g/mol. The molecule has 0 bridgehead atoms. The van der Waals surface area contributed by atoms with Gasteiger partial charge in [0.15, 0.2) is 0 Å². The van der Waals surface area contributed by atoms with Crippen LogP contribution in [0.4, 0.5) is 29.3 Å². The lowest BCUT2D eigenvalue weighted by Crippen LogP contribution is -2.23. The lowest BCUT2D eigenvalue weighted by atomic mass is 9.90. The van der Waals surface area contributed by atoms with Gasteiger partial charge in [-0.3, -0.25) is 4.79 Å². The molecule has 1 aliphatic carbocycles. The van der Waals surface area contributed by atoms with E-state index < -0.39 is 23.5 Å². The summed E-state index contributed by atoms with van der Waals surface area (Å²) >= 11 is 0. The number of hydrogen-bond acceptors (Lipinski definition) is 3. The lowest BCUT2D eigenvalue weighted by Gasteiger charge is -2.17. The number of halogens is 3. The molecule has 0 aliphatic heterocycles. The molecular weight excluding hydrogens is 409 g/mol. The van der Waals surface area contributed by atoms with E-state index in [1.165, 1.54) is 12.1 Å². The van der Waals surface area contributed by atoms with E-state index in [1.807, 2.05) is 0 Å². The number of nitrogens with one attached hydrogen (secondary N) is 3. The third-order valence-electron chi connectivity index (χ3n) is 5.21. The third-order valence-corrected chi connectivity index (χ3v) is 5.21. The first-order chi connectivity index (χ1) is 14.9. The van der Waals surface area contributed by atoms with Gasteiger partial charge in [0.1, 0.15) is 17.5 Å². The van der Waals surface area contributed by atoms with Gasteiger partial charge in [0, 0.05) is 18.1 Å². The molecule has 0 saturated carbocycles. The fourth-order valence-electron chi connectivity index (χ4n) is 3.71. The average molecular weight is 428 g/mol. The number of H-pyrrole nitrogens is 1. The van der Waals surface area contributed by atoms with Crippen LogP contribution in [0.15, 0.2) is 41.2 Å². The molecule has 3 N–H and O–H groups in total. The summed E-state index contributed by atoms with van der Waals surface area (Å²) in [6, 6.07) is 6.06. The van der Waals surface area contributed by atoms with Gasteiger partial charge in [0.05, 0.1) is 17.1 Å². The van der Waals surface area contributed by atoms with Crippen molar-refractivity contribution in [2.45, 2.75) is 32.1 Å². The number of urea groups is 1. The predicted molar refractivity (Wildman–Crippen MR) is 110 cm³/mol. The zero-order chi connectivity index (χ0) is 22.0. The van der Waals surface area contributed by atoms with Crippen LogP contribution in [-0.2, 0) is 19.3 Å². The normalized spacial score (nSPS) is 12.9. The minimum atomic E-state index is -0.946. The second-order valence-corrected chi connectivity index (χ2v) is 7.36. The van der Waals surface area contributed by atoms with Crippen LogP contribution in [0.25, 0.3) is 0 Å². The van der Waals surface area contributed by atoms with Crippen molar-refractivity contribution in [1.82, 2.24) is 10.2 Å². The molecule has 0 unspecified atom stereocenters. The molecule has 160 valence electrons. The number of anilines is 2. The van der Waals surface area contributed by atoms with Crippen molar-refractivity contribution < 1.29 is 18.0 Å². The van der Waals surface area contributed by atoms with E-state index in [4.69, 9.17) is 0 Å². The van der Waals surface area contributed by atoms with E-state index in [1.54, 1.807) is 6.07 Å². The molecule has 2 amide bonds. The number of amides is 2. The van der Waals surface area contributed by atoms with Crippen LogP contribution in [0.3, 0.4) is 0 Å². The molecule has 2 aromatic carbocycles. The number of fused-ring (bicyclic) bond motifs is 1. The molecule has 4 rings (SSSR count). The predicted octanol–water partition coefficient (Wildman–Crippen LogP) is 4.30. The summed E-state index contributed by atoms with van der Waals surface area (Å²) in [7, 11) is 0. The topological polar surface area (TPSA) is 86.9 Å². The Bertz CT molecular complexity index is 1210. The van der Waals surface area contributed by atoms with Gasteiger partial charge < -0.3 is 10.6 Å². The van der Waals surface area contributed by atoms with Crippen LogP contribution in [0.2, 0.25) is 0 Å². The molecule has 0 saturated heterocycles. The van der Waals surface area contributed by atoms with Gasteiger partial charge in [0.25, 0.3) is 5.56 Å². The standard InChI is InChI=1S/C22H19F3N4O2/c23-13-6-8-18(17(25)11-13)26-22(31)27-20-10-12(5-7-16(20)24)9-19-14-3-1-2-4-15(14)21(30)29-28-19/h5-8,10-11H,1-4,9H2,(H,29,30)(H2,26,27,31). The van der Waals surface area contributed by atoms with E-state index in [0.29, 0.717) is 30.2 Å². The Kier molecular flexibility index (Phi) is 5.75. The zero-order valence-electron chi connectivity index (χ0n) is 16.4. The van der Waals surface area contributed by atoms with Crippen LogP contribution >= 0.6 is 0 Å². The second kappa shape index (κ2) is 8.63. The SMILES string of the molecule is O=C(Nc1ccc(F)cc1F)Nc1cc(Cc2n[nH]c(=O)c3c2CCCC3)ccc1F. The first-order valence-electron chi connectivity index (χ1n) is 9.81. The summed E-state index contributed by atoms with van der Waals surface area (Å²) in [6.45, 7) is 0. The van der Waals surface area contributed by atoms with Gasteiger partial charge in [-0.25, -0.2) is 23.1 Å². The zero-order valence-corrected chi connectivity index (χ0v) is 16.4. The van der Waals surface area contributed by atoms with E-state index >= 15 is 0 Å². The number of aromatic nitrogens is 2. The highest BCUT2D eigenvalue weighted by atomic mass is 19.1. The highest BCUT2D eigenvalue weighted by Crippen LogP contribution is 2.24. The van der Waals surface area contributed by atoms with Crippen LogP contribution in [0.1, 0.15) is 35.2 Å². The Morgan fingerprint density at radius 3 is 2.45 bits per heavy atom. The summed E-state index contributed by atoms with van der Waals surface area (Å²) < 4.78 is 40.9. The Morgan fingerprint density at radius 2 is 1.68 bits per heavy atom. The maximum absolute atomic E-state index is 14.2. The number of carbonyl (C=O) groups is 1. The second-order valence-electron chi connectivity index (χ2n) is 7.36. The molecule has 1 aromatic heterocycles. The summed E-state index contributed by atoms with van der Waals surface area (Å²) in [5.41, 5.74) is 2.55. The van der Waals surface area contributed by atoms with Gasteiger partial charge in [-0.15, -0.1) is 0 Å². The van der Waals surface area contributed by atoms with Crippen LogP contribution in [0.5, 0.6) is 0 Å². The Balaban J connectivity index is 1.53. The minimum absolute atomic E-state index is 0.101. The van der Waals surface area contributed by atoms with Gasteiger partial charge in [0.2, 0.25) is 0 Å². The molecule has 0 radical (unpaired) electrons. The van der Waals surface area contributed by atoms with Crippen LogP contribution in [0, 0.1) is 17.5 Å². The lowest BCUT2D eigenvalue weighted by molar-refractivity contribution is 0.262. The molecule has 0 fully saturated rings. The minimum Gasteiger partial charge on any atom is -0.305 e. The van der Waals surface area contributed by atoms with E-state index in [0.717, 1.165) is 42.5 Å². The number of rotatable bonds is 4. The number of nitrogens with zero attached hydrogens (tertiary/aromatic N) is 1. The molecular formula is C22H19F3N4O2. The van der Waals surface area contributed by atoms with Crippen molar-refractivity contribution in [3.63, 3.8) is 0 Å². The van der Waals surface area contributed by atoms with Gasteiger partial charge in [-0.1, -0.05) is 6.07 Å². The molecule has 3 aromatic rings. The van der Waals surface area contributed by atoms with Gasteiger partial charge >= 0.3 is 6.03 Å². The molecule has 6 nitrogen and oxygen atoms in total. The van der Waals surface area contributed by atoms with Crippen molar-refractivity contribution in [1.29, 1.82) is 0 Å². The van der Waals surface area contributed by atoms with E-state index in [9.17, 15) is 22.8 Å². The third kappa shape index (κ3) is 4.60. The first-order valence-corrected chi connectivity index (χ1v) is 9.81. The summed E-state index contributed by atoms with van der Waals surface area (Å²) in [6.07, 6.45) is 3.74. The molecule has 31 heavy (non-hydrogen) atoms. The summed E-state index contributed by atoms with van der Waals surface area (Å²) in [5, 5.41) is 11.2. The van der Waals surface area contributed by atoms with Crippen molar-refractivity contribution in [2.24, 2.45) is 0 Å². The smallest absolute Gasteiger partial charge is 0.305 e. The van der Waals surface area contributed by atoms with Gasteiger partial charge in [-0.05, 0) is 61.1 Å². The summed E-state index contributed by atoms with van der Waals surface area (Å²) in [4.78, 5) is 24.2. The molecule has 0 atom stereocenters. The highest BCUT2D eigenvalue weighted by Gasteiger charge is 2.18. The molecule has 0 spiro atoms. The first kappa shape index (κ1) is 20.6. The largest absolute Gasteiger partial charge is 0.323 e. The average Bonchev–Trinajstić information content (AvgIpc) is 2.75. The van der Waals surface area contributed by atoms with E-state index in [-0.39, 0.29) is 16.9 Å². The van der Waals surface area contributed by atoms with Gasteiger partial charge in [-0.2, -0.15) is 5.10 Å². The van der Waals surface area contributed by atoms with E-state index in [2.05, 4.69) is 20.8 Å². The fourth-order valence-corrected chi connectivity index (χ4v) is 3.71. The van der Waals surface area contributed by atoms with Crippen molar-refractivity contribution in [3.05, 3.63) is 86.6 Å². The molecule has 9 heteroatoms. The number of carbonyl (C=O) groups excluding carboxylic acids is 1. The van der Waals surface area contributed by atoms with Crippen molar-refractivity contribution >= 4 is 17.4 Å². The number of hydrogen-bond donors (Lipinski definition) is 3. The van der Waals surface area contributed by atoms with Crippen molar-refractivity contribution in [2.75, 3.05) is 10.6 Å². The number of benzene rings is 2. The maximum atomic E-state index is 14.2. The number of aromatic amines is 1. The van der Waals surface area contributed by atoms with Crippen molar-refractivity contribution in [3.8, 4) is 0 Å². The molecule has 1 heterocycles. The Hall–Kier alpha value is -3.62. The summed E-state index contributed by atoms with van der Waals surface area (Å²) in [5.74, 6) is -2.39. The highest BCUT2D eigenvalue weighted by molar-refractivity contribution is 5.99. The fraction of sp³-hybridized carbons (Fsp3) is 0.227. The maximum Gasteiger partial charge on any atom is 0.323 e. The molecule has 1 aliphatic rings. The quantitative estimate of drug-likeness (QED) is 0.579. The Morgan fingerprint density at radius 1 is 0.935 bits per heavy atom. The van der Waals surface area contributed by atoms with Crippen LogP contribution < -0.4 is 16.2 Å². The van der Waals surface area contributed by atoms with Crippen LogP contribution in [-0.4, -0.2) is 16.2 Å².